The predicted molar refractivity (Wildman–Crippen MR) is 79.7 cm³/mol. The number of halogens is 2. The molecule has 0 aliphatic rings. The van der Waals surface area contributed by atoms with Crippen molar-refractivity contribution in [3.8, 4) is 0 Å². The predicted octanol–water partition coefficient (Wildman–Crippen LogP) is 2.44. The fourth-order valence-electron chi connectivity index (χ4n) is 1.94. The van der Waals surface area contributed by atoms with E-state index in [1.54, 1.807) is 10.6 Å². The summed E-state index contributed by atoms with van der Waals surface area (Å²) in [5.41, 5.74) is 7.01. The van der Waals surface area contributed by atoms with Crippen LogP contribution >= 0.6 is 15.9 Å². The quantitative estimate of drug-likeness (QED) is 0.876. The highest BCUT2D eigenvalue weighted by molar-refractivity contribution is 9.10. The van der Waals surface area contributed by atoms with Crippen LogP contribution in [0, 0.1) is 5.82 Å². The highest BCUT2D eigenvalue weighted by Crippen LogP contribution is 2.25. The average molecular weight is 343 g/mol. The number of anilines is 1. The fourth-order valence-corrected chi connectivity index (χ4v) is 2.27. The highest BCUT2D eigenvalue weighted by atomic mass is 79.9. The molecule has 1 aromatic heterocycles. The third kappa shape index (κ3) is 3.09. The molecule has 20 heavy (non-hydrogen) atoms. The molecule has 1 aromatic carbocycles. The average Bonchev–Trinajstić information content (AvgIpc) is 2.70. The van der Waals surface area contributed by atoms with Crippen molar-refractivity contribution < 1.29 is 9.18 Å². The van der Waals surface area contributed by atoms with Crippen LogP contribution in [0.2, 0.25) is 0 Å². The minimum atomic E-state index is -0.380. The standard InChI is InChI=1S/C13H16BrFN4O/c1-2-4-17-12(20)3-5-19-11-7-9(15)8(14)6-10(11)18-13(19)16/h6-7H,2-5H2,1H3,(H2,16,18)(H,17,20). The zero-order valence-electron chi connectivity index (χ0n) is 11.1. The normalized spacial score (nSPS) is 10.9. The van der Waals surface area contributed by atoms with E-state index < -0.39 is 0 Å². The van der Waals surface area contributed by atoms with Crippen LogP contribution in [-0.4, -0.2) is 22.0 Å². The highest BCUT2D eigenvalue weighted by Gasteiger charge is 2.12. The molecule has 5 nitrogen and oxygen atoms in total. The Morgan fingerprint density at radius 3 is 3.00 bits per heavy atom. The number of aryl methyl sites for hydroxylation is 1. The van der Waals surface area contributed by atoms with Crippen LogP contribution in [0.5, 0.6) is 0 Å². The molecule has 0 bridgehead atoms. The first kappa shape index (κ1) is 14.8. The third-order valence-corrected chi connectivity index (χ3v) is 3.56. The molecule has 7 heteroatoms. The van der Waals surface area contributed by atoms with Crippen molar-refractivity contribution in [3.05, 3.63) is 22.4 Å². The summed E-state index contributed by atoms with van der Waals surface area (Å²) >= 11 is 3.11. The Kier molecular flexibility index (Phi) is 4.59. The van der Waals surface area contributed by atoms with Crippen LogP contribution in [0.25, 0.3) is 11.0 Å². The van der Waals surface area contributed by atoms with Crippen molar-refractivity contribution in [1.29, 1.82) is 0 Å². The molecule has 1 heterocycles. The molecule has 0 fully saturated rings. The van der Waals surface area contributed by atoms with E-state index in [0.29, 0.717) is 28.6 Å². The van der Waals surface area contributed by atoms with E-state index >= 15 is 0 Å². The maximum absolute atomic E-state index is 13.6. The minimum Gasteiger partial charge on any atom is -0.369 e. The maximum atomic E-state index is 13.6. The summed E-state index contributed by atoms with van der Waals surface area (Å²) in [4.78, 5) is 15.8. The SMILES string of the molecule is CCCNC(=O)CCn1c(N)nc2cc(Br)c(F)cc21. The van der Waals surface area contributed by atoms with Crippen LogP contribution in [0.4, 0.5) is 10.3 Å². The van der Waals surface area contributed by atoms with E-state index in [-0.39, 0.29) is 24.1 Å². The molecule has 2 rings (SSSR count). The number of fused-ring (bicyclic) bond motifs is 1. The number of amides is 1. The van der Waals surface area contributed by atoms with Crippen molar-refractivity contribution in [3.63, 3.8) is 0 Å². The number of rotatable bonds is 5. The minimum absolute atomic E-state index is 0.0503. The van der Waals surface area contributed by atoms with E-state index in [1.165, 1.54) is 6.07 Å². The van der Waals surface area contributed by atoms with Gasteiger partial charge in [0.15, 0.2) is 0 Å². The van der Waals surface area contributed by atoms with Crippen LogP contribution in [0.1, 0.15) is 19.8 Å². The Bertz CT molecular complexity index is 641. The zero-order chi connectivity index (χ0) is 14.7. The van der Waals surface area contributed by atoms with Gasteiger partial charge >= 0.3 is 0 Å². The number of aromatic nitrogens is 2. The summed E-state index contributed by atoms with van der Waals surface area (Å²) in [6.45, 7) is 3.02. The summed E-state index contributed by atoms with van der Waals surface area (Å²) < 4.78 is 15.6. The monoisotopic (exact) mass is 342 g/mol. The molecule has 0 saturated carbocycles. The van der Waals surface area contributed by atoms with Gasteiger partial charge in [0.1, 0.15) is 5.82 Å². The van der Waals surface area contributed by atoms with Gasteiger partial charge in [0.05, 0.1) is 15.5 Å². The van der Waals surface area contributed by atoms with Gasteiger partial charge in [-0.05, 0) is 28.4 Å². The molecular weight excluding hydrogens is 327 g/mol. The Labute approximate surface area is 124 Å². The van der Waals surface area contributed by atoms with Crippen molar-refractivity contribution >= 4 is 38.8 Å². The molecule has 0 aliphatic carbocycles. The molecule has 0 spiro atoms. The lowest BCUT2D eigenvalue weighted by atomic mass is 10.3. The van der Waals surface area contributed by atoms with Crippen LogP contribution < -0.4 is 11.1 Å². The van der Waals surface area contributed by atoms with Gasteiger partial charge in [0, 0.05) is 25.6 Å². The molecule has 0 unspecified atom stereocenters. The third-order valence-electron chi connectivity index (χ3n) is 2.95. The molecule has 1 amide bonds. The second-order valence-electron chi connectivity index (χ2n) is 4.48. The number of hydrogen-bond acceptors (Lipinski definition) is 3. The molecule has 0 radical (unpaired) electrons. The van der Waals surface area contributed by atoms with E-state index in [4.69, 9.17) is 5.73 Å². The van der Waals surface area contributed by atoms with Crippen molar-refractivity contribution in [2.75, 3.05) is 12.3 Å². The number of carbonyl (C=O) groups excluding carboxylic acids is 1. The number of nitrogens with zero attached hydrogens (tertiary/aromatic N) is 2. The number of imidazole rings is 1. The fraction of sp³-hybridized carbons (Fsp3) is 0.385. The summed E-state index contributed by atoms with van der Waals surface area (Å²) in [7, 11) is 0. The van der Waals surface area contributed by atoms with Crippen molar-refractivity contribution in [2.45, 2.75) is 26.3 Å². The Balaban J connectivity index is 2.19. The van der Waals surface area contributed by atoms with Crippen LogP contribution in [-0.2, 0) is 11.3 Å². The number of hydrogen-bond donors (Lipinski definition) is 2. The van der Waals surface area contributed by atoms with Gasteiger partial charge < -0.3 is 15.6 Å². The number of nitrogens with one attached hydrogen (secondary N) is 1. The van der Waals surface area contributed by atoms with Gasteiger partial charge in [0.25, 0.3) is 0 Å². The Morgan fingerprint density at radius 1 is 1.55 bits per heavy atom. The van der Waals surface area contributed by atoms with Crippen molar-refractivity contribution in [1.82, 2.24) is 14.9 Å². The molecule has 0 aliphatic heterocycles. The number of nitrogen functional groups attached to an aromatic ring is 1. The molecule has 2 aromatic rings. The summed E-state index contributed by atoms with van der Waals surface area (Å²) in [6, 6.07) is 2.95. The summed E-state index contributed by atoms with van der Waals surface area (Å²) in [5, 5.41) is 2.79. The van der Waals surface area contributed by atoms with Gasteiger partial charge in [-0.15, -0.1) is 0 Å². The molecule has 3 N–H and O–H groups in total. The van der Waals surface area contributed by atoms with Gasteiger partial charge in [-0.1, -0.05) is 6.92 Å². The Morgan fingerprint density at radius 2 is 2.30 bits per heavy atom. The number of benzene rings is 1. The molecule has 108 valence electrons. The largest absolute Gasteiger partial charge is 0.369 e. The molecule has 0 saturated heterocycles. The lowest BCUT2D eigenvalue weighted by Gasteiger charge is -2.07. The lowest BCUT2D eigenvalue weighted by Crippen LogP contribution is -2.25. The van der Waals surface area contributed by atoms with Gasteiger partial charge in [-0.25, -0.2) is 9.37 Å². The van der Waals surface area contributed by atoms with E-state index in [0.717, 1.165) is 6.42 Å². The van der Waals surface area contributed by atoms with Crippen LogP contribution in [0.3, 0.4) is 0 Å². The second kappa shape index (κ2) is 6.21. The summed E-state index contributed by atoms with van der Waals surface area (Å²) in [6.07, 6.45) is 1.18. The van der Waals surface area contributed by atoms with E-state index in [9.17, 15) is 9.18 Å². The lowest BCUT2D eigenvalue weighted by molar-refractivity contribution is -0.121. The topological polar surface area (TPSA) is 72.9 Å². The van der Waals surface area contributed by atoms with Gasteiger partial charge in [-0.3, -0.25) is 4.79 Å². The second-order valence-corrected chi connectivity index (χ2v) is 5.33. The van der Waals surface area contributed by atoms with Crippen molar-refractivity contribution in [2.24, 2.45) is 0 Å². The molecular formula is C13H16BrFN4O. The zero-order valence-corrected chi connectivity index (χ0v) is 12.7. The first-order valence-corrected chi connectivity index (χ1v) is 7.19. The number of nitrogens with two attached hydrogens (primary N) is 1. The van der Waals surface area contributed by atoms with Gasteiger partial charge in [0.2, 0.25) is 11.9 Å². The first-order valence-electron chi connectivity index (χ1n) is 6.40. The van der Waals surface area contributed by atoms with Crippen LogP contribution in [0.15, 0.2) is 16.6 Å². The maximum Gasteiger partial charge on any atom is 0.221 e. The van der Waals surface area contributed by atoms with Gasteiger partial charge in [-0.2, -0.15) is 0 Å². The first-order chi connectivity index (χ1) is 9.52. The smallest absolute Gasteiger partial charge is 0.221 e. The van der Waals surface area contributed by atoms with E-state index in [2.05, 4.69) is 26.2 Å². The summed E-state index contributed by atoms with van der Waals surface area (Å²) in [5.74, 6) is -0.152. The molecule has 0 atom stereocenters. The van der Waals surface area contributed by atoms with E-state index in [1.807, 2.05) is 6.92 Å². The number of carbonyl (C=O) groups is 1. The Hall–Kier alpha value is -1.63.